The molecular weight excluding hydrogens is 176 g/mol. The molecule has 0 bridgehead atoms. The lowest BCUT2D eigenvalue weighted by atomic mass is 9.86. The van der Waals surface area contributed by atoms with Gasteiger partial charge in [0.05, 0.1) is 5.60 Å². The molecule has 0 aromatic heterocycles. The van der Waals surface area contributed by atoms with Crippen LogP contribution in [0.25, 0.3) is 0 Å². The van der Waals surface area contributed by atoms with Crippen molar-refractivity contribution in [2.75, 3.05) is 26.2 Å². The third kappa shape index (κ3) is 1.81. The van der Waals surface area contributed by atoms with E-state index in [0.717, 1.165) is 32.0 Å². The molecule has 2 unspecified atom stereocenters. The predicted octanol–water partition coefficient (Wildman–Crippen LogP) is 0.441. The fourth-order valence-electron chi connectivity index (χ4n) is 2.61. The molecule has 0 spiro atoms. The van der Waals surface area contributed by atoms with Crippen LogP contribution in [0.5, 0.6) is 0 Å². The topological polar surface area (TPSA) is 35.5 Å². The minimum atomic E-state index is -0.375. The highest BCUT2D eigenvalue weighted by atomic mass is 16.3. The van der Waals surface area contributed by atoms with Crippen LogP contribution in [-0.2, 0) is 0 Å². The van der Waals surface area contributed by atoms with Gasteiger partial charge in [-0.25, -0.2) is 0 Å². The van der Waals surface area contributed by atoms with Crippen LogP contribution < -0.4 is 5.32 Å². The average Bonchev–Trinajstić information content (AvgIpc) is 2.64. The van der Waals surface area contributed by atoms with Crippen molar-refractivity contribution in [1.82, 2.24) is 10.2 Å². The molecule has 2 atom stereocenters. The van der Waals surface area contributed by atoms with E-state index in [-0.39, 0.29) is 5.60 Å². The first-order valence-electron chi connectivity index (χ1n) is 5.82. The lowest BCUT2D eigenvalue weighted by molar-refractivity contribution is -0.121. The molecule has 0 saturated carbocycles. The van der Waals surface area contributed by atoms with Crippen molar-refractivity contribution in [1.29, 1.82) is 0 Å². The minimum absolute atomic E-state index is 0.375. The molecule has 2 heterocycles. The summed E-state index contributed by atoms with van der Waals surface area (Å²) in [5.74, 6) is 0.788. The second-order valence-corrected chi connectivity index (χ2v) is 4.98. The maximum absolute atomic E-state index is 9.92. The van der Waals surface area contributed by atoms with E-state index in [1.165, 1.54) is 13.0 Å². The Kier molecular flexibility index (Phi) is 2.82. The highest BCUT2D eigenvalue weighted by molar-refractivity contribution is 4.98. The molecule has 2 rings (SSSR count). The number of aliphatic hydroxyl groups is 1. The first-order valence-corrected chi connectivity index (χ1v) is 5.82. The van der Waals surface area contributed by atoms with E-state index in [0.29, 0.717) is 6.04 Å². The highest BCUT2D eigenvalue weighted by Gasteiger charge is 2.43. The summed E-state index contributed by atoms with van der Waals surface area (Å²) in [5.41, 5.74) is -0.375. The van der Waals surface area contributed by atoms with Gasteiger partial charge in [-0.3, -0.25) is 4.90 Å². The van der Waals surface area contributed by atoms with Gasteiger partial charge in [0.2, 0.25) is 0 Å². The smallest absolute Gasteiger partial charge is 0.0897 e. The Morgan fingerprint density at radius 2 is 2.29 bits per heavy atom. The van der Waals surface area contributed by atoms with E-state index in [9.17, 15) is 5.11 Å². The molecule has 2 aliphatic heterocycles. The molecule has 0 aromatic rings. The molecule has 0 radical (unpaired) electrons. The van der Waals surface area contributed by atoms with Gasteiger partial charge in [-0.1, -0.05) is 6.92 Å². The van der Waals surface area contributed by atoms with E-state index in [4.69, 9.17) is 0 Å². The summed E-state index contributed by atoms with van der Waals surface area (Å²) in [6.07, 6.45) is 2.18. The van der Waals surface area contributed by atoms with Gasteiger partial charge >= 0.3 is 0 Å². The van der Waals surface area contributed by atoms with Crippen molar-refractivity contribution < 1.29 is 5.11 Å². The van der Waals surface area contributed by atoms with Crippen molar-refractivity contribution in [3.05, 3.63) is 0 Å². The first-order chi connectivity index (χ1) is 6.64. The van der Waals surface area contributed by atoms with Gasteiger partial charge in [0.1, 0.15) is 0 Å². The maximum atomic E-state index is 9.92. The summed E-state index contributed by atoms with van der Waals surface area (Å²) in [6, 6.07) is 0.636. The van der Waals surface area contributed by atoms with Gasteiger partial charge in [0.25, 0.3) is 0 Å². The number of nitrogens with zero attached hydrogens (tertiary/aromatic N) is 1. The van der Waals surface area contributed by atoms with Crippen LogP contribution in [0.4, 0.5) is 0 Å². The third-order valence-electron chi connectivity index (χ3n) is 4.01. The standard InChI is InChI=1S/C11H22N2O/c1-3-11(14)7-13(8-11)9(2)10-4-5-12-6-10/h9-10,12,14H,3-8H2,1-2H3. The van der Waals surface area contributed by atoms with Gasteiger partial charge < -0.3 is 10.4 Å². The number of β-amino-alcohol motifs (C(OH)–C–C–N with tert-alkyl or cyclic N) is 1. The Labute approximate surface area is 86.5 Å². The van der Waals surface area contributed by atoms with Crippen molar-refractivity contribution in [2.45, 2.75) is 38.3 Å². The number of likely N-dealkylation sites (tertiary alicyclic amines) is 1. The molecular formula is C11H22N2O. The first kappa shape index (κ1) is 10.4. The summed E-state index contributed by atoms with van der Waals surface area (Å²) in [4.78, 5) is 2.42. The van der Waals surface area contributed by atoms with E-state index in [1.807, 2.05) is 0 Å². The fourth-order valence-corrected chi connectivity index (χ4v) is 2.61. The largest absolute Gasteiger partial charge is 0.387 e. The number of hydrogen-bond donors (Lipinski definition) is 2. The van der Waals surface area contributed by atoms with Crippen LogP contribution in [0, 0.1) is 5.92 Å². The van der Waals surface area contributed by atoms with Crippen LogP contribution in [0.2, 0.25) is 0 Å². The number of rotatable bonds is 3. The zero-order valence-electron chi connectivity index (χ0n) is 9.29. The quantitative estimate of drug-likeness (QED) is 0.691. The number of nitrogens with one attached hydrogen (secondary N) is 1. The lowest BCUT2D eigenvalue weighted by Crippen LogP contribution is -2.65. The van der Waals surface area contributed by atoms with E-state index >= 15 is 0 Å². The van der Waals surface area contributed by atoms with Crippen LogP contribution in [-0.4, -0.2) is 47.8 Å². The molecule has 0 aliphatic carbocycles. The van der Waals surface area contributed by atoms with Crippen molar-refractivity contribution in [3.8, 4) is 0 Å². The van der Waals surface area contributed by atoms with Crippen molar-refractivity contribution >= 4 is 0 Å². The zero-order valence-corrected chi connectivity index (χ0v) is 9.29. The van der Waals surface area contributed by atoms with E-state index in [2.05, 4.69) is 24.1 Å². The molecule has 3 heteroatoms. The average molecular weight is 198 g/mol. The predicted molar refractivity (Wildman–Crippen MR) is 57.3 cm³/mol. The molecule has 2 N–H and O–H groups in total. The van der Waals surface area contributed by atoms with Gasteiger partial charge in [0, 0.05) is 19.1 Å². The summed E-state index contributed by atoms with van der Waals surface area (Å²) in [6.45, 7) is 8.44. The monoisotopic (exact) mass is 198 g/mol. The van der Waals surface area contributed by atoms with Gasteiger partial charge in [-0.2, -0.15) is 0 Å². The third-order valence-corrected chi connectivity index (χ3v) is 4.01. The molecule has 0 amide bonds. The Bertz CT molecular complexity index is 195. The van der Waals surface area contributed by atoms with Crippen LogP contribution in [0.1, 0.15) is 26.7 Å². The minimum Gasteiger partial charge on any atom is -0.387 e. The Morgan fingerprint density at radius 3 is 2.79 bits per heavy atom. The van der Waals surface area contributed by atoms with Crippen molar-refractivity contribution in [2.24, 2.45) is 5.92 Å². The van der Waals surface area contributed by atoms with Gasteiger partial charge in [-0.15, -0.1) is 0 Å². The Hall–Kier alpha value is -0.120. The second kappa shape index (κ2) is 3.80. The van der Waals surface area contributed by atoms with Crippen LogP contribution in [0.3, 0.4) is 0 Å². The fraction of sp³-hybridized carbons (Fsp3) is 1.00. The molecule has 82 valence electrons. The Morgan fingerprint density at radius 1 is 1.57 bits per heavy atom. The maximum Gasteiger partial charge on any atom is 0.0897 e. The molecule has 14 heavy (non-hydrogen) atoms. The van der Waals surface area contributed by atoms with Crippen LogP contribution >= 0.6 is 0 Å². The molecule has 2 aliphatic rings. The van der Waals surface area contributed by atoms with E-state index < -0.39 is 0 Å². The number of hydrogen-bond acceptors (Lipinski definition) is 3. The summed E-state index contributed by atoms with van der Waals surface area (Å²) < 4.78 is 0. The van der Waals surface area contributed by atoms with Gasteiger partial charge in [0.15, 0.2) is 0 Å². The molecule has 2 saturated heterocycles. The summed E-state index contributed by atoms with van der Waals surface area (Å²) in [7, 11) is 0. The lowest BCUT2D eigenvalue weighted by Gasteiger charge is -2.50. The summed E-state index contributed by atoms with van der Waals surface area (Å²) in [5, 5.41) is 13.3. The highest BCUT2D eigenvalue weighted by Crippen LogP contribution is 2.29. The summed E-state index contributed by atoms with van der Waals surface area (Å²) >= 11 is 0. The zero-order chi connectivity index (χ0) is 10.2. The van der Waals surface area contributed by atoms with Crippen LogP contribution in [0.15, 0.2) is 0 Å². The normalized spacial score (nSPS) is 34.1. The van der Waals surface area contributed by atoms with Gasteiger partial charge in [-0.05, 0) is 38.8 Å². The second-order valence-electron chi connectivity index (χ2n) is 4.98. The molecule has 0 aromatic carbocycles. The van der Waals surface area contributed by atoms with E-state index in [1.54, 1.807) is 0 Å². The SMILES string of the molecule is CCC1(O)CN(C(C)C2CCNC2)C1. The molecule has 3 nitrogen and oxygen atoms in total. The van der Waals surface area contributed by atoms with Crippen molar-refractivity contribution in [3.63, 3.8) is 0 Å². The Balaban J connectivity index is 1.80. The molecule has 2 fully saturated rings.